The third-order valence-electron chi connectivity index (χ3n) is 2.60. The molecule has 2 N–H and O–H groups in total. The van der Waals surface area contributed by atoms with Gasteiger partial charge in [-0.15, -0.1) is 0 Å². The van der Waals surface area contributed by atoms with Gasteiger partial charge in [-0.25, -0.2) is 4.79 Å². The van der Waals surface area contributed by atoms with E-state index >= 15 is 0 Å². The zero-order valence-electron chi connectivity index (χ0n) is 11.7. The lowest BCUT2D eigenvalue weighted by Gasteiger charge is -2.08. The Morgan fingerprint density at radius 3 is 2.89 bits per heavy atom. The van der Waals surface area contributed by atoms with Crippen LogP contribution < -0.4 is 5.32 Å². The Labute approximate surface area is 114 Å². The van der Waals surface area contributed by atoms with Crippen molar-refractivity contribution in [2.75, 3.05) is 19.8 Å². The average molecular weight is 265 g/mol. The minimum Gasteiger partial charge on any atom is -0.478 e. The summed E-state index contributed by atoms with van der Waals surface area (Å²) in [4.78, 5) is 10.8. The molecule has 0 saturated heterocycles. The molecule has 0 radical (unpaired) electrons. The van der Waals surface area contributed by atoms with Crippen molar-refractivity contribution in [3.8, 4) is 0 Å². The van der Waals surface area contributed by atoms with Gasteiger partial charge in [0, 0.05) is 19.8 Å². The van der Waals surface area contributed by atoms with Gasteiger partial charge in [-0.05, 0) is 36.6 Å². The quantitative estimate of drug-likeness (QED) is 0.674. The molecule has 0 aromatic heterocycles. The third-order valence-corrected chi connectivity index (χ3v) is 2.60. The highest BCUT2D eigenvalue weighted by atomic mass is 16.5. The van der Waals surface area contributed by atoms with E-state index < -0.39 is 5.97 Å². The predicted octanol–water partition coefficient (Wildman–Crippen LogP) is 2.54. The van der Waals surface area contributed by atoms with Crippen LogP contribution in [0.15, 0.2) is 24.3 Å². The Hall–Kier alpha value is -1.39. The van der Waals surface area contributed by atoms with Crippen LogP contribution in [0.4, 0.5) is 0 Å². The summed E-state index contributed by atoms with van der Waals surface area (Å²) in [5.41, 5.74) is 1.32. The summed E-state index contributed by atoms with van der Waals surface area (Å²) < 4.78 is 5.48. The summed E-state index contributed by atoms with van der Waals surface area (Å²) in [6.45, 7) is 7.39. The summed E-state index contributed by atoms with van der Waals surface area (Å²) in [6.07, 6.45) is 0.964. The molecule has 0 heterocycles. The normalized spacial score (nSPS) is 10.9. The average Bonchev–Trinajstić information content (AvgIpc) is 2.37. The maximum Gasteiger partial charge on any atom is 0.335 e. The minimum absolute atomic E-state index is 0.333. The second kappa shape index (κ2) is 8.67. The lowest BCUT2D eigenvalue weighted by molar-refractivity contribution is 0.0696. The van der Waals surface area contributed by atoms with E-state index in [1.54, 1.807) is 18.2 Å². The maximum absolute atomic E-state index is 10.8. The molecule has 0 aliphatic heterocycles. The number of carbonyl (C=O) groups is 1. The lowest BCUT2D eigenvalue weighted by Crippen LogP contribution is -2.17. The van der Waals surface area contributed by atoms with E-state index in [1.165, 1.54) is 0 Å². The summed E-state index contributed by atoms with van der Waals surface area (Å²) in [5.74, 6) is -0.310. The number of carboxylic acids is 1. The fourth-order valence-corrected chi connectivity index (χ4v) is 1.67. The molecule has 1 rings (SSSR count). The number of hydrogen-bond acceptors (Lipinski definition) is 3. The van der Waals surface area contributed by atoms with Crippen LogP contribution in [0.3, 0.4) is 0 Å². The van der Waals surface area contributed by atoms with Gasteiger partial charge in [0.05, 0.1) is 5.56 Å². The monoisotopic (exact) mass is 265 g/mol. The van der Waals surface area contributed by atoms with Gasteiger partial charge in [-0.3, -0.25) is 0 Å². The molecule has 1 aromatic rings. The summed E-state index contributed by atoms with van der Waals surface area (Å²) in [7, 11) is 0. The van der Waals surface area contributed by atoms with Crippen molar-refractivity contribution in [3.63, 3.8) is 0 Å². The molecular formula is C15H23NO3. The van der Waals surface area contributed by atoms with Crippen molar-refractivity contribution in [1.29, 1.82) is 0 Å². The largest absolute Gasteiger partial charge is 0.478 e. The molecule has 4 heteroatoms. The zero-order valence-corrected chi connectivity index (χ0v) is 11.7. The highest BCUT2D eigenvalue weighted by Gasteiger charge is 2.02. The molecule has 0 saturated carbocycles. The maximum atomic E-state index is 10.8. The Morgan fingerprint density at radius 1 is 1.42 bits per heavy atom. The number of aromatic carboxylic acids is 1. The molecule has 0 bridgehead atoms. The van der Waals surface area contributed by atoms with Crippen molar-refractivity contribution in [2.24, 2.45) is 5.92 Å². The van der Waals surface area contributed by atoms with Crippen molar-refractivity contribution in [1.82, 2.24) is 5.32 Å². The van der Waals surface area contributed by atoms with Crippen LogP contribution in [0.5, 0.6) is 0 Å². The van der Waals surface area contributed by atoms with E-state index in [2.05, 4.69) is 19.2 Å². The highest BCUT2D eigenvalue weighted by Crippen LogP contribution is 2.05. The van der Waals surface area contributed by atoms with Crippen LogP contribution in [0.25, 0.3) is 0 Å². The topological polar surface area (TPSA) is 58.6 Å². The Balaban J connectivity index is 2.15. The smallest absolute Gasteiger partial charge is 0.335 e. The molecule has 0 aliphatic carbocycles. The van der Waals surface area contributed by atoms with Crippen molar-refractivity contribution in [2.45, 2.75) is 26.8 Å². The molecule has 1 aromatic carbocycles. The first kappa shape index (κ1) is 15.7. The van der Waals surface area contributed by atoms with E-state index in [0.29, 0.717) is 18.0 Å². The standard InChI is InChI=1S/C15H23NO3/c1-12(2)11-19-8-4-7-16-10-13-5-3-6-14(9-13)15(17)18/h3,5-6,9,12,16H,4,7-8,10-11H2,1-2H3,(H,17,18). The Bertz CT molecular complexity index is 391. The van der Waals surface area contributed by atoms with Crippen LogP contribution in [0, 0.1) is 5.92 Å². The summed E-state index contributed by atoms with van der Waals surface area (Å²) in [5, 5.41) is 12.2. The Kier molecular flexibility index (Phi) is 7.15. The van der Waals surface area contributed by atoms with E-state index in [1.807, 2.05) is 6.07 Å². The molecule has 0 spiro atoms. The fraction of sp³-hybridized carbons (Fsp3) is 0.533. The highest BCUT2D eigenvalue weighted by molar-refractivity contribution is 5.87. The van der Waals surface area contributed by atoms with Gasteiger partial charge in [0.1, 0.15) is 0 Å². The number of nitrogens with one attached hydrogen (secondary N) is 1. The molecular weight excluding hydrogens is 242 g/mol. The first-order chi connectivity index (χ1) is 9.09. The SMILES string of the molecule is CC(C)COCCCNCc1cccc(C(=O)O)c1. The molecule has 4 nitrogen and oxygen atoms in total. The van der Waals surface area contributed by atoms with Gasteiger partial charge in [0.25, 0.3) is 0 Å². The summed E-state index contributed by atoms with van der Waals surface area (Å²) >= 11 is 0. The number of ether oxygens (including phenoxy) is 1. The zero-order chi connectivity index (χ0) is 14.1. The van der Waals surface area contributed by atoms with Crippen LogP contribution >= 0.6 is 0 Å². The molecule has 0 aliphatic rings. The van der Waals surface area contributed by atoms with Crippen LogP contribution in [0.2, 0.25) is 0 Å². The number of benzene rings is 1. The fourth-order valence-electron chi connectivity index (χ4n) is 1.67. The predicted molar refractivity (Wildman–Crippen MR) is 75.4 cm³/mol. The van der Waals surface area contributed by atoms with Crippen LogP contribution in [-0.4, -0.2) is 30.8 Å². The molecule has 0 atom stereocenters. The number of rotatable bonds is 9. The van der Waals surface area contributed by atoms with E-state index in [-0.39, 0.29) is 0 Å². The molecule has 0 fully saturated rings. The van der Waals surface area contributed by atoms with E-state index in [9.17, 15) is 4.79 Å². The minimum atomic E-state index is -0.885. The third kappa shape index (κ3) is 6.94. The Morgan fingerprint density at radius 2 is 2.21 bits per heavy atom. The first-order valence-corrected chi connectivity index (χ1v) is 6.70. The summed E-state index contributed by atoms with van der Waals surface area (Å²) in [6, 6.07) is 7.00. The van der Waals surface area contributed by atoms with E-state index in [4.69, 9.17) is 9.84 Å². The van der Waals surface area contributed by atoms with Crippen molar-refractivity contribution in [3.05, 3.63) is 35.4 Å². The lowest BCUT2D eigenvalue weighted by atomic mass is 10.1. The molecule has 19 heavy (non-hydrogen) atoms. The first-order valence-electron chi connectivity index (χ1n) is 6.70. The second-order valence-corrected chi connectivity index (χ2v) is 5.00. The van der Waals surface area contributed by atoms with Gasteiger partial charge in [-0.1, -0.05) is 26.0 Å². The van der Waals surface area contributed by atoms with Gasteiger partial charge in [0.2, 0.25) is 0 Å². The van der Waals surface area contributed by atoms with Crippen molar-refractivity contribution >= 4 is 5.97 Å². The molecule has 0 unspecified atom stereocenters. The van der Waals surface area contributed by atoms with Crippen LogP contribution in [-0.2, 0) is 11.3 Å². The second-order valence-electron chi connectivity index (χ2n) is 5.00. The van der Waals surface area contributed by atoms with Crippen LogP contribution in [0.1, 0.15) is 36.2 Å². The molecule has 106 valence electrons. The van der Waals surface area contributed by atoms with Gasteiger partial charge >= 0.3 is 5.97 Å². The van der Waals surface area contributed by atoms with E-state index in [0.717, 1.165) is 31.7 Å². The van der Waals surface area contributed by atoms with Gasteiger partial charge < -0.3 is 15.2 Å². The number of carboxylic acid groups (broad SMARTS) is 1. The number of hydrogen-bond donors (Lipinski definition) is 2. The van der Waals surface area contributed by atoms with Gasteiger partial charge in [0.15, 0.2) is 0 Å². The van der Waals surface area contributed by atoms with Crippen molar-refractivity contribution < 1.29 is 14.6 Å². The molecule has 0 amide bonds. The van der Waals surface area contributed by atoms with Gasteiger partial charge in [-0.2, -0.15) is 0 Å².